The van der Waals surface area contributed by atoms with Gasteiger partial charge in [0.05, 0.1) is 5.52 Å². The molecule has 4 N–H and O–H groups in total. The Morgan fingerprint density at radius 2 is 2.00 bits per heavy atom. The molecule has 3 rings (SSSR count). The van der Waals surface area contributed by atoms with E-state index in [2.05, 4.69) is 9.97 Å². The Balaban J connectivity index is 2.33. The Bertz CT molecular complexity index is 972. The minimum absolute atomic E-state index is 0.0376. The van der Waals surface area contributed by atoms with Gasteiger partial charge < -0.3 is 15.1 Å². The zero-order chi connectivity index (χ0) is 14.3. The van der Waals surface area contributed by atoms with Gasteiger partial charge in [-0.3, -0.25) is 9.78 Å². The van der Waals surface area contributed by atoms with E-state index in [1.165, 1.54) is 6.07 Å². The van der Waals surface area contributed by atoms with Crippen molar-refractivity contribution >= 4 is 16.9 Å². The maximum absolute atomic E-state index is 11.7. The largest absolute Gasteiger partial charge is 0.417 e. The van der Waals surface area contributed by atoms with E-state index in [-0.39, 0.29) is 11.4 Å². The lowest BCUT2D eigenvalue weighted by molar-refractivity contribution is 0.555. The summed E-state index contributed by atoms with van der Waals surface area (Å²) in [6, 6.07) is 8.20. The van der Waals surface area contributed by atoms with Gasteiger partial charge in [0.25, 0.3) is 5.56 Å². The number of oxazole rings is 1. The number of fused-ring (bicyclic) bond motifs is 1. The number of anilines is 1. The van der Waals surface area contributed by atoms with E-state index < -0.39 is 11.3 Å². The van der Waals surface area contributed by atoms with Crippen LogP contribution in [0, 0.1) is 11.3 Å². The van der Waals surface area contributed by atoms with Gasteiger partial charge in [-0.05, 0) is 23.8 Å². The molecule has 0 aliphatic heterocycles. The quantitative estimate of drug-likeness (QED) is 0.604. The fraction of sp³-hybridized carbons (Fsp3) is 0. The van der Waals surface area contributed by atoms with Crippen LogP contribution in [-0.4, -0.2) is 9.97 Å². The molecule has 98 valence electrons. The first-order valence-corrected chi connectivity index (χ1v) is 5.64. The van der Waals surface area contributed by atoms with Gasteiger partial charge in [0.2, 0.25) is 0 Å². The van der Waals surface area contributed by atoms with Crippen molar-refractivity contribution in [3.05, 3.63) is 50.7 Å². The zero-order valence-corrected chi connectivity index (χ0v) is 10.1. The number of benzene rings is 1. The minimum Gasteiger partial charge on any atom is -0.408 e. The average molecular weight is 268 g/mol. The fourth-order valence-corrected chi connectivity index (χ4v) is 2.04. The second-order valence-electron chi connectivity index (χ2n) is 4.18. The van der Waals surface area contributed by atoms with Crippen LogP contribution in [0.15, 0.2) is 38.3 Å². The lowest BCUT2D eigenvalue weighted by atomic mass is 10.0. The minimum atomic E-state index is -0.567. The lowest BCUT2D eigenvalue weighted by Crippen LogP contribution is -2.13. The molecule has 3 aromatic rings. The summed E-state index contributed by atoms with van der Waals surface area (Å²) in [6.45, 7) is 0. The monoisotopic (exact) mass is 268 g/mol. The molecule has 0 aliphatic rings. The van der Waals surface area contributed by atoms with Gasteiger partial charge in [0.1, 0.15) is 17.5 Å². The Labute approximate surface area is 111 Å². The van der Waals surface area contributed by atoms with Gasteiger partial charge >= 0.3 is 5.76 Å². The number of aromatic nitrogens is 2. The number of H-pyrrole nitrogens is 2. The molecule has 0 saturated heterocycles. The third-order valence-electron chi connectivity index (χ3n) is 2.90. The number of nitrogens with one attached hydrogen (secondary N) is 2. The molecule has 0 spiro atoms. The molecule has 20 heavy (non-hydrogen) atoms. The molecule has 0 bridgehead atoms. The van der Waals surface area contributed by atoms with Crippen molar-refractivity contribution in [2.45, 2.75) is 0 Å². The molecule has 0 unspecified atom stereocenters. The van der Waals surface area contributed by atoms with Gasteiger partial charge in [-0.2, -0.15) is 5.26 Å². The van der Waals surface area contributed by atoms with E-state index in [1.807, 2.05) is 6.07 Å². The Morgan fingerprint density at radius 3 is 2.75 bits per heavy atom. The van der Waals surface area contributed by atoms with Crippen LogP contribution in [0.25, 0.3) is 22.2 Å². The van der Waals surface area contributed by atoms with Crippen molar-refractivity contribution in [2.24, 2.45) is 0 Å². The third kappa shape index (κ3) is 1.76. The van der Waals surface area contributed by atoms with Crippen LogP contribution in [0.3, 0.4) is 0 Å². The first-order chi connectivity index (χ1) is 9.58. The normalized spacial score (nSPS) is 10.6. The van der Waals surface area contributed by atoms with Crippen LogP contribution in [-0.2, 0) is 0 Å². The number of nitrogen functional groups attached to an aromatic ring is 1. The predicted octanol–water partition coefficient (Wildman–Crippen LogP) is 0.930. The van der Waals surface area contributed by atoms with E-state index in [4.69, 9.17) is 15.4 Å². The van der Waals surface area contributed by atoms with Crippen molar-refractivity contribution in [3.8, 4) is 17.2 Å². The molecule has 0 atom stereocenters. The number of pyridine rings is 1. The highest BCUT2D eigenvalue weighted by Gasteiger charge is 2.12. The van der Waals surface area contributed by atoms with Crippen LogP contribution in [0.4, 0.5) is 5.82 Å². The average Bonchev–Trinajstić information content (AvgIpc) is 2.76. The summed E-state index contributed by atoms with van der Waals surface area (Å²) in [4.78, 5) is 27.7. The zero-order valence-electron chi connectivity index (χ0n) is 10.1. The predicted molar refractivity (Wildman–Crippen MR) is 72.0 cm³/mol. The maximum Gasteiger partial charge on any atom is 0.417 e. The van der Waals surface area contributed by atoms with Crippen LogP contribution in [0.2, 0.25) is 0 Å². The molecular weight excluding hydrogens is 260 g/mol. The molecular formula is C13H8N4O3. The number of nitrogens with zero attached hydrogens (tertiary/aromatic N) is 1. The van der Waals surface area contributed by atoms with Crippen molar-refractivity contribution < 1.29 is 4.42 Å². The molecule has 0 aliphatic carbocycles. The summed E-state index contributed by atoms with van der Waals surface area (Å²) in [6.07, 6.45) is 0. The highest BCUT2D eigenvalue weighted by Crippen LogP contribution is 2.25. The van der Waals surface area contributed by atoms with Gasteiger partial charge in [-0.15, -0.1) is 0 Å². The second kappa shape index (κ2) is 4.13. The molecule has 2 heterocycles. The summed E-state index contributed by atoms with van der Waals surface area (Å²) in [5, 5.41) is 9.08. The first kappa shape index (κ1) is 11.8. The van der Waals surface area contributed by atoms with Gasteiger partial charge in [-0.1, -0.05) is 6.07 Å². The van der Waals surface area contributed by atoms with E-state index in [9.17, 15) is 9.59 Å². The number of hydrogen-bond acceptors (Lipinski definition) is 5. The summed E-state index contributed by atoms with van der Waals surface area (Å²) < 4.78 is 4.89. The summed E-state index contributed by atoms with van der Waals surface area (Å²) in [5.74, 6) is -0.409. The highest BCUT2D eigenvalue weighted by atomic mass is 16.4. The Kier molecular flexibility index (Phi) is 2.44. The number of hydrogen-bond donors (Lipinski definition) is 3. The van der Waals surface area contributed by atoms with E-state index in [0.717, 1.165) is 0 Å². The Morgan fingerprint density at radius 1 is 1.20 bits per heavy atom. The van der Waals surface area contributed by atoms with Crippen LogP contribution in [0.5, 0.6) is 0 Å². The highest BCUT2D eigenvalue weighted by molar-refractivity contribution is 5.82. The van der Waals surface area contributed by atoms with E-state index >= 15 is 0 Å². The standard InChI is InChI=1S/C13H8N4O3/c14-5-8-7(4-11(15)17-12(8)18)6-1-2-10-9(3-6)16-13(19)20-10/h1-4H,(H,16,19)(H3,15,17,18). The summed E-state index contributed by atoms with van der Waals surface area (Å²) in [7, 11) is 0. The van der Waals surface area contributed by atoms with Crippen LogP contribution < -0.4 is 17.0 Å². The lowest BCUT2D eigenvalue weighted by Gasteiger charge is -2.04. The molecule has 0 amide bonds. The van der Waals surface area contributed by atoms with E-state index in [0.29, 0.717) is 22.2 Å². The second-order valence-corrected chi connectivity index (χ2v) is 4.18. The number of aromatic amines is 2. The molecule has 0 radical (unpaired) electrons. The molecule has 7 nitrogen and oxygen atoms in total. The SMILES string of the molecule is N#Cc1c(-c2ccc3oc(=O)[nH]c3c2)cc(N)[nH]c1=O. The number of nitrogens with two attached hydrogens (primary N) is 1. The molecule has 2 aromatic heterocycles. The van der Waals surface area contributed by atoms with Gasteiger partial charge in [0.15, 0.2) is 5.58 Å². The van der Waals surface area contributed by atoms with Crippen molar-refractivity contribution in [1.82, 2.24) is 9.97 Å². The van der Waals surface area contributed by atoms with Crippen LogP contribution in [0.1, 0.15) is 5.56 Å². The topological polar surface area (TPSA) is 129 Å². The third-order valence-corrected chi connectivity index (χ3v) is 2.90. The summed E-state index contributed by atoms with van der Waals surface area (Å²) >= 11 is 0. The van der Waals surface area contributed by atoms with E-state index in [1.54, 1.807) is 18.2 Å². The molecule has 7 heteroatoms. The van der Waals surface area contributed by atoms with Crippen molar-refractivity contribution in [2.75, 3.05) is 5.73 Å². The number of nitriles is 1. The van der Waals surface area contributed by atoms with Crippen molar-refractivity contribution in [1.29, 1.82) is 5.26 Å². The molecule has 0 saturated carbocycles. The van der Waals surface area contributed by atoms with Crippen molar-refractivity contribution in [3.63, 3.8) is 0 Å². The first-order valence-electron chi connectivity index (χ1n) is 5.64. The maximum atomic E-state index is 11.7. The number of rotatable bonds is 1. The Hall–Kier alpha value is -3.27. The summed E-state index contributed by atoms with van der Waals surface area (Å²) in [5.41, 5.74) is 6.87. The smallest absolute Gasteiger partial charge is 0.408 e. The molecule has 0 fully saturated rings. The fourth-order valence-electron chi connectivity index (χ4n) is 2.04. The van der Waals surface area contributed by atoms with Gasteiger partial charge in [-0.25, -0.2) is 4.79 Å². The van der Waals surface area contributed by atoms with Crippen LogP contribution >= 0.6 is 0 Å². The van der Waals surface area contributed by atoms with Gasteiger partial charge in [0, 0.05) is 5.56 Å². The molecule has 1 aromatic carbocycles.